The van der Waals surface area contributed by atoms with Crippen molar-refractivity contribution < 1.29 is 24.6 Å². The first-order valence-corrected chi connectivity index (χ1v) is 6.77. The fourth-order valence-electron chi connectivity index (χ4n) is 2.07. The second-order valence-corrected chi connectivity index (χ2v) is 4.79. The van der Waals surface area contributed by atoms with Gasteiger partial charge >= 0.3 is 5.97 Å². The molecule has 0 aliphatic rings. The minimum Gasteiger partial charge on any atom is -0.469 e. The van der Waals surface area contributed by atoms with Crippen LogP contribution >= 0.6 is 0 Å². The molecule has 0 aliphatic carbocycles. The lowest BCUT2D eigenvalue weighted by Crippen LogP contribution is -2.32. The lowest BCUT2D eigenvalue weighted by atomic mass is 10.1. The Hall–Kier alpha value is -2.44. The number of benzene rings is 2. The van der Waals surface area contributed by atoms with Gasteiger partial charge < -0.3 is 9.84 Å². The van der Waals surface area contributed by atoms with Crippen LogP contribution in [0.15, 0.2) is 42.5 Å². The molecule has 0 fully saturated rings. The molecule has 1 atom stereocenters. The molecule has 0 radical (unpaired) electrons. The van der Waals surface area contributed by atoms with Gasteiger partial charge in [-0.05, 0) is 16.8 Å². The number of esters is 1. The standard InChI is InChI=1S/C16H17NO5/c1-22-15(19)9-8-14(18)17(21)16(20)13-7-6-11-4-2-3-5-12(11)10-13/h2-7,10,16,20-21H,8-9H2,1H3. The van der Waals surface area contributed by atoms with Crippen molar-refractivity contribution in [3.8, 4) is 0 Å². The van der Waals surface area contributed by atoms with Crippen molar-refractivity contribution in [1.29, 1.82) is 0 Å². The second kappa shape index (κ2) is 7.02. The third kappa shape index (κ3) is 3.60. The van der Waals surface area contributed by atoms with Gasteiger partial charge in [0, 0.05) is 12.0 Å². The summed E-state index contributed by atoms with van der Waals surface area (Å²) >= 11 is 0. The number of aliphatic hydroxyl groups is 1. The Labute approximate surface area is 127 Å². The van der Waals surface area contributed by atoms with Crippen LogP contribution in [0.2, 0.25) is 0 Å². The summed E-state index contributed by atoms with van der Waals surface area (Å²) in [6.45, 7) is 0. The zero-order valence-corrected chi connectivity index (χ0v) is 12.1. The minimum atomic E-state index is -1.49. The lowest BCUT2D eigenvalue weighted by Gasteiger charge is -2.21. The lowest BCUT2D eigenvalue weighted by molar-refractivity contribution is -0.208. The van der Waals surface area contributed by atoms with Crippen LogP contribution < -0.4 is 0 Å². The number of fused-ring (bicyclic) bond motifs is 1. The first kappa shape index (κ1) is 15.9. The summed E-state index contributed by atoms with van der Waals surface area (Å²) in [6, 6.07) is 12.7. The quantitative estimate of drug-likeness (QED) is 0.382. The van der Waals surface area contributed by atoms with E-state index in [-0.39, 0.29) is 17.9 Å². The van der Waals surface area contributed by atoms with Crippen LogP contribution in [0.1, 0.15) is 24.6 Å². The Morgan fingerprint density at radius 2 is 1.82 bits per heavy atom. The van der Waals surface area contributed by atoms with E-state index in [1.54, 1.807) is 18.2 Å². The van der Waals surface area contributed by atoms with Crippen molar-refractivity contribution in [2.45, 2.75) is 19.1 Å². The Kier molecular flexibility index (Phi) is 5.08. The van der Waals surface area contributed by atoms with Crippen molar-refractivity contribution in [3.63, 3.8) is 0 Å². The molecule has 2 aromatic carbocycles. The molecule has 0 bridgehead atoms. The van der Waals surface area contributed by atoms with E-state index in [0.29, 0.717) is 5.56 Å². The highest BCUT2D eigenvalue weighted by molar-refractivity contribution is 5.83. The predicted octanol–water partition coefficient (Wildman–Crippen LogP) is 2.00. The second-order valence-electron chi connectivity index (χ2n) is 4.79. The van der Waals surface area contributed by atoms with E-state index in [1.165, 1.54) is 7.11 Å². The predicted molar refractivity (Wildman–Crippen MR) is 78.8 cm³/mol. The van der Waals surface area contributed by atoms with Gasteiger partial charge in [0.05, 0.1) is 13.5 Å². The minimum absolute atomic E-state index is 0.156. The first-order chi connectivity index (χ1) is 10.5. The molecule has 2 rings (SSSR count). The molecule has 0 heterocycles. The monoisotopic (exact) mass is 303 g/mol. The summed E-state index contributed by atoms with van der Waals surface area (Å²) in [5.41, 5.74) is 0.382. The molecule has 1 unspecified atom stereocenters. The average molecular weight is 303 g/mol. The normalized spacial score (nSPS) is 12.0. The van der Waals surface area contributed by atoms with E-state index in [9.17, 15) is 19.9 Å². The highest BCUT2D eigenvalue weighted by atomic mass is 16.5. The molecular weight excluding hydrogens is 286 g/mol. The molecular formula is C16H17NO5. The maximum atomic E-state index is 11.7. The van der Waals surface area contributed by atoms with Crippen molar-refractivity contribution in [3.05, 3.63) is 48.0 Å². The van der Waals surface area contributed by atoms with Crippen LogP contribution in [0.4, 0.5) is 0 Å². The average Bonchev–Trinajstić information content (AvgIpc) is 2.57. The van der Waals surface area contributed by atoms with Gasteiger partial charge in [0.1, 0.15) is 0 Å². The van der Waals surface area contributed by atoms with E-state index in [4.69, 9.17) is 0 Å². The molecule has 2 N–H and O–H groups in total. The summed E-state index contributed by atoms with van der Waals surface area (Å²) in [6.07, 6.45) is -1.89. The Morgan fingerprint density at radius 3 is 2.50 bits per heavy atom. The summed E-state index contributed by atoms with van der Waals surface area (Å²) in [4.78, 5) is 22.7. The maximum absolute atomic E-state index is 11.7. The fraction of sp³-hybridized carbons (Fsp3) is 0.250. The number of amides is 1. The third-order valence-electron chi connectivity index (χ3n) is 3.33. The zero-order valence-electron chi connectivity index (χ0n) is 12.1. The number of hydroxylamine groups is 2. The summed E-state index contributed by atoms with van der Waals surface area (Å²) in [5, 5.41) is 22.0. The molecule has 0 aliphatic heterocycles. The molecule has 22 heavy (non-hydrogen) atoms. The van der Waals surface area contributed by atoms with E-state index in [2.05, 4.69) is 4.74 Å². The van der Waals surface area contributed by atoms with Gasteiger partial charge in [0.2, 0.25) is 5.91 Å². The number of carbonyl (C=O) groups excluding carboxylic acids is 2. The number of carbonyl (C=O) groups is 2. The molecule has 6 nitrogen and oxygen atoms in total. The molecule has 2 aromatic rings. The zero-order chi connectivity index (χ0) is 16.1. The van der Waals surface area contributed by atoms with Gasteiger partial charge in [-0.2, -0.15) is 5.06 Å². The Balaban J connectivity index is 2.09. The maximum Gasteiger partial charge on any atom is 0.306 e. The van der Waals surface area contributed by atoms with Crippen LogP contribution in [0, 0.1) is 0 Å². The largest absolute Gasteiger partial charge is 0.469 e. The third-order valence-corrected chi connectivity index (χ3v) is 3.33. The van der Waals surface area contributed by atoms with Gasteiger partial charge in [-0.25, -0.2) is 0 Å². The van der Waals surface area contributed by atoms with E-state index in [0.717, 1.165) is 10.8 Å². The van der Waals surface area contributed by atoms with E-state index >= 15 is 0 Å². The van der Waals surface area contributed by atoms with Crippen molar-refractivity contribution in [2.24, 2.45) is 0 Å². The number of hydrogen-bond acceptors (Lipinski definition) is 5. The van der Waals surface area contributed by atoms with Crippen molar-refractivity contribution in [2.75, 3.05) is 7.11 Å². The summed E-state index contributed by atoms with van der Waals surface area (Å²) in [5.74, 6) is -1.31. The molecule has 0 spiro atoms. The van der Waals surface area contributed by atoms with Gasteiger partial charge in [-0.3, -0.25) is 14.8 Å². The van der Waals surface area contributed by atoms with Gasteiger partial charge in [0.15, 0.2) is 6.23 Å². The molecule has 0 saturated carbocycles. The SMILES string of the molecule is COC(=O)CCC(=O)N(O)C(O)c1ccc2ccccc2c1. The van der Waals surface area contributed by atoms with Crippen LogP contribution in [0.5, 0.6) is 0 Å². The summed E-state index contributed by atoms with van der Waals surface area (Å²) < 4.78 is 4.42. The van der Waals surface area contributed by atoms with Crippen LogP contribution in [0.25, 0.3) is 10.8 Å². The Morgan fingerprint density at radius 1 is 1.14 bits per heavy atom. The van der Waals surface area contributed by atoms with Crippen LogP contribution in [-0.2, 0) is 14.3 Å². The highest BCUT2D eigenvalue weighted by Crippen LogP contribution is 2.22. The molecule has 1 amide bonds. The van der Waals surface area contributed by atoms with Crippen LogP contribution in [0.3, 0.4) is 0 Å². The fourth-order valence-corrected chi connectivity index (χ4v) is 2.07. The van der Waals surface area contributed by atoms with Crippen molar-refractivity contribution >= 4 is 22.6 Å². The highest BCUT2D eigenvalue weighted by Gasteiger charge is 2.22. The number of methoxy groups -OCH3 is 1. The number of aliphatic hydroxyl groups excluding tert-OH is 1. The first-order valence-electron chi connectivity index (χ1n) is 6.77. The van der Waals surface area contributed by atoms with Gasteiger partial charge in [-0.1, -0.05) is 36.4 Å². The van der Waals surface area contributed by atoms with Crippen molar-refractivity contribution in [1.82, 2.24) is 5.06 Å². The van der Waals surface area contributed by atoms with E-state index in [1.807, 2.05) is 24.3 Å². The number of rotatable bonds is 5. The number of ether oxygens (including phenoxy) is 1. The molecule has 0 aromatic heterocycles. The topological polar surface area (TPSA) is 87.1 Å². The molecule has 0 saturated heterocycles. The number of hydrogen-bond donors (Lipinski definition) is 2. The van der Waals surface area contributed by atoms with Gasteiger partial charge in [0.25, 0.3) is 0 Å². The summed E-state index contributed by atoms with van der Waals surface area (Å²) in [7, 11) is 1.22. The smallest absolute Gasteiger partial charge is 0.306 e. The molecule has 116 valence electrons. The molecule has 6 heteroatoms. The van der Waals surface area contributed by atoms with Gasteiger partial charge in [-0.15, -0.1) is 0 Å². The van der Waals surface area contributed by atoms with E-state index < -0.39 is 18.1 Å². The Bertz CT molecular complexity index is 685. The number of nitrogens with zero attached hydrogens (tertiary/aromatic N) is 1. The van der Waals surface area contributed by atoms with Crippen LogP contribution in [-0.4, -0.2) is 34.4 Å².